The first-order valence-electron chi connectivity index (χ1n) is 5.32. The molecule has 0 saturated heterocycles. The SMILES string of the molecule is Nc1ccc(S(=O)(=O)Nc2ccc(Br)c(Cl)c2)c(Br)c1. The summed E-state index contributed by atoms with van der Waals surface area (Å²) in [5.74, 6) is 0. The summed E-state index contributed by atoms with van der Waals surface area (Å²) in [6.45, 7) is 0. The minimum atomic E-state index is -3.72. The molecule has 0 aliphatic rings. The fraction of sp³-hybridized carbons (Fsp3) is 0. The van der Waals surface area contributed by atoms with Crippen LogP contribution in [-0.2, 0) is 10.0 Å². The van der Waals surface area contributed by atoms with E-state index in [0.717, 1.165) is 0 Å². The molecule has 0 bridgehead atoms. The van der Waals surface area contributed by atoms with Gasteiger partial charge in [-0.1, -0.05) is 11.6 Å². The molecule has 0 atom stereocenters. The molecule has 0 unspecified atom stereocenters. The number of nitrogens with one attached hydrogen (secondary N) is 1. The van der Waals surface area contributed by atoms with E-state index in [1.54, 1.807) is 12.1 Å². The first kappa shape index (κ1) is 15.6. The van der Waals surface area contributed by atoms with E-state index in [1.807, 2.05) is 0 Å². The van der Waals surface area contributed by atoms with E-state index >= 15 is 0 Å². The van der Waals surface area contributed by atoms with E-state index in [9.17, 15) is 8.42 Å². The number of rotatable bonds is 3. The molecule has 2 rings (SSSR count). The maximum Gasteiger partial charge on any atom is 0.263 e. The first-order chi connectivity index (χ1) is 9.29. The fourth-order valence-electron chi connectivity index (χ4n) is 1.50. The van der Waals surface area contributed by atoms with Crippen molar-refractivity contribution in [3.8, 4) is 0 Å². The number of nitrogen functional groups attached to an aromatic ring is 1. The molecule has 2 aromatic rings. The van der Waals surface area contributed by atoms with Gasteiger partial charge in [-0.15, -0.1) is 0 Å². The molecule has 3 N–H and O–H groups in total. The second-order valence-electron chi connectivity index (χ2n) is 3.92. The highest BCUT2D eigenvalue weighted by Gasteiger charge is 2.18. The topological polar surface area (TPSA) is 72.2 Å². The molecule has 0 aliphatic carbocycles. The Kier molecular flexibility index (Phi) is 4.63. The summed E-state index contributed by atoms with van der Waals surface area (Å²) in [6.07, 6.45) is 0. The van der Waals surface area contributed by atoms with Crippen molar-refractivity contribution in [3.63, 3.8) is 0 Å². The Hall–Kier alpha value is -0.760. The lowest BCUT2D eigenvalue weighted by Crippen LogP contribution is -2.13. The van der Waals surface area contributed by atoms with E-state index in [0.29, 0.717) is 25.3 Å². The van der Waals surface area contributed by atoms with Crippen LogP contribution in [0.3, 0.4) is 0 Å². The minimum Gasteiger partial charge on any atom is -0.399 e. The third-order valence-electron chi connectivity index (χ3n) is 2.42. The highest BCUT2D eigenvalue weighted by molar-refractivity contribution is 9.10. The Morgan fingerprint density at radius 2 is 1.75 bits per heavy atom. The van der Waals surface area contributed by atoms with Gasteiger partial charge in [0.25, 0.3) is 10.0 Å². The molecule has 20 heavy (non-hydrogen) atoms. The highest BCUT2D eigenvalue weighted by Crippen LogP contribution is 2.29. The lowest BCUT2D eigenvalue weighted by atomic mass is 10.3. The molecule has 0 saturated carbocycles. The van der Waals surface area contributed by atoms with Gasteiger partial charge in [-0.3, -0.25) is 4.72 Å². The molecule has 4 nitrogen and oxygen atoms in total. The number of hydrogen-bond acceptors (Lipinski definition) is 3. The number of nitrogens with two attached hydrogens (primary N) is 1. The molecular formula is C12H9Br2ClN2O2S. The van der Waals surface area contributed by atoms with Crippen LogP contribution in [0, 0.1) is 0 Å². The Morgan fingerprint density at radius 3 is 2.35 bits per heavy atom. The smallest absolute Gasteiger partial charge is 0.263 e. The summed E-state index contributed by atoms with van der Waals surface area (Å²) >= 11 is 12.4. The molecule has 0 radical (unpaired) electrons. The number of anilines is 2. The van der Waals surface area contributed by atoms with Crippen molar-refractivity contribution < 1.29 is 8.42 Å². The predicted molar refractivity (Wildman–Crippen MR) is 88.5 cm³/mol. The summed E-state index contributed by atoms with van der Waals surface area (Å²) in [5, 5.41) is 0.418. The van der Waals surface area contributed by atoms with E-state index in [1.165, 1.54) is 24.3 Å². The Morgan fingerprint density at radius 1 is 1.05 bits per heavy atom. The predicted octanol–water partition coefficient (Wildman–Crippen LogP) is 4.25. The van der Waals surface area contributed by atoms with Gasteiger partial charge in [0.2, 0.25) is 0 Å². The first-order valence-corrected chi connectivity index (χ1v) is 8.77. The number of sulfonamides is 1. The quantitative estimate of drug-likeness (QED) is 0.701. The van der Waals surface area contributed by atoms with Crippen LogP contribution in [0.1, 0.15) is 0 Å². The van der Waals surface area contributed by atoms with Crippen molar-refractivity contribution in [2.45, 2.75) is 4.90 Å². The molecule has 2 aromatic carbocycles. The van der Waals surface area contributed by atoms with E-state index < -0.39 is 10.0 Å². The monoisotopic (exact) mass is 438 g/mol. The zero-order valence-corrected chi connectivity index (χ0v) is 14.6. The van der Waals surface area contributed by atoms with Gasteiger partial charge in [-0.2, -0.15) is 0 Å². The second kappa shape index (κ2) is 5.93. The summed E-state index contributed by atoms with van der Waals surface area (Å²) in [5.41, 5.74) is 6.44. The third-order valence-corrected chi connectivity index (χ3v) is 6.01. The fourth-order valence-corrected chi connectivity index (χ4v) is 4.08. The number of benzene rings is 2. The van der Waals surface area contributed by atoms with Crippen LogP contribution < -0.4 is 10.5 Å². The largest absolute Gasteiger partial charge is 0.399 e. The summed E-state index contributed by atoms with van der Waals surface area (Å²) in [6, 6.07) is 9.28. The maximum absolute atomic E-state index is 12.3. The van der Waals surface area contributed by atoms with E-state index in [-0.39, 0.29) is 4.90 Å². The standard InChI is InChI=1S/C12H9Br2ClN2O2S/c13-9-3-2-8(6-11(9)15)17-20(18,19)12-4-1-7(16)5-10(12)14/h1-6,17H,16H2. The lowest BCUT2D eigenvalue weighted by Gasteiger charge is -2.10. The van der Waals surface area contributed by atoms with Gasteiger partial charge in [-0.05, 0) is 68.3 Å². The Balaban J connectivity index is 2.38. The zero-order valence-electron chi connectivity index (χ0n) is 9.90. The molecule has 0 fully saturated rings. The molecule has 0 amide bonds. The van der Waals surface area contributed by atoms with Gasteiger partial charge in [0.05, 0.1) is 10.7 Å². The number of hydrogen-bond donors (Lipinski definition) is 2. The molecule has 0 heterocycles. The average Bonchev–Trinajstić information content (AvgIpc) is 2.33. The molecule has 106 valence electrons. The molecule has 0 aliphatic heterocycles. The van der Waals surface area contributed by atoms with Crippen molar-refractivity contribution in [2.75, 3.05) is 10.5 Å². The van der Waals surface area contributed by atoms with Gasteiger partial charge in [0.15, 0.2) is 0 Å². The van der Waals surface area contributed by atoms with Gasteiger partial charge in [0.1, 0.15) is 4.90 Å². The van der Waals surface area contributed by atoms with Crippen molar-refractivity contribution in [1.29, 1.82) is 0 Å². The highest BCUT2D eigenvalue weighted by atomic mass is 79.9. The van der Waals surface area contributed by atoms with Gasteiger partial charge in [0, 0.05) is 14.6 Å². The van der Waals surface area contributed by atoms with Gasteiger partial charge in [-0.25, -0.2) is 8.42 Å². The minimum absolute atomic E-state index is 0.103. The van der Waals surface area contributed by atoms with Gasteiger partial charge >= 0.3 is 0 Å². The van der Waals surface area contributed by atoms with Crippen molar-refractivity contribution >= 4 is 64.9 Å². The van der Waals surface area contributed by atoms with Crippen LogP contribution in [0.4, 0.5) is 11.4 Å². The van der Waals surface area contributed by atoms with Crippen LogP contribution in [0.25, 0.3) is 0 Å². The van der Waals surface area contributed by atoms with E-state index in [2.05, 4.69) is 36.6 Å². The molecular weight excluding hydrogens is 431 g/mol. The van der Waals surface area contributed by atoms with Crippen LogP contribution in [-0.4, -0.2) is 8.42 Å². The third kappa shape index (κ3) is 3.46. The van der Waals surface area contributed by atoms with Crippen LogP contribution in [0.2, 0.25) is 5.02 Å². The molecule has 8 heteroatoms. The van der Waals surface area contributed by atoms with Crippen molar-refractivity contribution in [2.24, 2.45) is 0 Å². The second-order valence-corrected chi connectivity index (χ2v) is 7.69. The molecule has 0 spiro atoms. The summed E-state index contributed by atoms with van der Waals surface area (Å²) in [7, 11) is -3.72. The normalized spacial score (nSPS) is 11.3. The van der Waals surface area contributed by atoms with E-state index in [4.69, 9.17) is 17.3 Å². The Bertz CT molecular complexity index is 766. The zero-order chi connectivity index (χ0) is 14.9. The lowest BCUT2D eigenvalue weighted by molar-refractivity contribution is 0.601. The van der Waals surface area contributed by atoms with Crippen LogP contribution in [0.15, 0.2) is 50.2 Å². The maximum atomic E-state index is 12.3. The Labute approximate surface area is 138 Å². The van der Waals surface area contributed by atoms with Crippen LogP contribution in [0.5, 0.6) is 0 Å². The van der Waals surface area contributed by atoms with Crippen molar-refractivity contribution in [3.05, 3.63) is 50.4 Å². The van der Waals surface area contributed by atoms with Gasteiger partial charge < -0.3 is 5.73 Å². The molecule has 0 aromatic heterocycles. The van der Waals surface area contributed by atoms with Crippen molar-refractivity contribution in [1.82, 2.24) is 0 Å². The summed E-state index contributed by atoms with van der Waals surface area (Å²) < 4.78 is 28.1. The number of halogens is 3. The summed E-state index contributed by atoms with van der Waals surface area (Å²) in [4.78, 5) is 0.103. The average molecular weight is 441 g/mol. The van der Waals surface area contributed by atoms with Crippen LogP contribution >= 0.6 is 43.5 Å².